The second kappa shape index (κ2) is 5.48. The van der Waals surface area contributed by atoms with Crippen molar-refractivity contribution in [3.05, 3.63) is 0 Å². The highest BCUT2D eigenvalue weighted by atomic mass is 15.2. The Morgan fingerprint density at radius 2 is 2.13 bits per heavy atom. The summed E-state index contributed by atoms with van der Waals surface area (Å²) in [7, 11) is 0. The van der Waals surface area contributed by atoms with Crippen molar-refractivity contribution in [2.75, 3.05) is 26.2 Å². The first-order valence-electron chi connectivity index (χ1n) is 6.21. The van der Waals surface area contributed by atoms with Crippen molar-refractivity contribution in [1.82, 2.24) is 10.2 Å². The van der Waals surface area contributed by atoms with Crippen LogP contribution in [0.1, 0.15) is 32.1 Å². The summed E-state index contributed by atoms with van der Waals surface area (Å²) in [5.74, 6) is 0.941. The van der Waals surface area contributed by atoms with Crippen LogP contribution in [-0.4, -0.2) is 37.1 Å². The molecule has 1 atom stereocenters. The number of nitrogens with one attached hydrogen (secondary N) is 1. The lowest BCUT2D eigenvalue weighted by Crippen LogP contribution is -2.47. The number of hydrogen-bond donors (Lipinski definition) is 1. The smallest absolute Gasteiger partial charge is 0.0866 e. The maximum atomic E-state index is 8.66. The van der Waals surface area contributed by atoms with E-state index in [4.69, 9.17) is 5.26 Å². The van der Waals surface area contributed by atoms with Gasteiger partial charge in [-0.25, -0.2) is 0 Å². The summed E-state index contributed by atoms with van der Waals surface area (Å²) in [6, 6.07) is 2.88. The van der Waals surface area contributed by atoms with E-state index in [9.17, 15) is 0 Å². The lowest BCUT2D eigenvalue weighted by Gasteiger charge is -2.34. The summed E-state index contributed by atoms with van der Waals surface area (Å²) in [4.78, 5) is 2.27. The molecular weight excluding hydrogens is 186 g/mol. The van der Waals surface area contributed by atoms with Crippen LogP contribution in [0.3, 0.4) is 0 Å². The molecule has 3 nitrogen and oxygen atoms in total. The Labute approximate surface area is 92.4 Å². The van der Waals surface area contributed by atoms with Gasteiger partial charge in [0.05, 0.1) is 12.6 Å². The molecule has 1 N–H and O–H groups in total. The van der Waals surface area contributed by atoms with Crippen LogP contribution in [0.4, 0.5) is 0 Å². The molecule has 2 fully saturated rings. The SMILES string of the molecule is N#CCN1CCCC(NCC2CCC2)C1. The molecule has 1 saturated heterocycles. The molecular formula is C12H21N3. The molecule has 0 spiro atoms. The summed E-state index contributed by atoms with van der Waals surface area (Å²) in [5.41, 5.74) is 0. The minimum Gasteiger partial charge on any atom is -0.312 e. The molecule has 0 aromatic carbocycles. The molecule has 84 valence electrons. The number of rotatable bonds is 4. The third kappa shape index (κ3) is 3.19. The molecule has 1 saturated carbocycles. The van der Waals surface area contributed by atoms with Gasteiger partial charge in [0.15, 0.2) is 0 Å². The van der Waals surface area contributed by atoms with Crippen molar-refractivity contribution < 1.29 is 0 Å². The van der Waals surface area contributed by atoms with E-state index >= 15 is 0 Å². The molecule has 0 aromatic heterocycles. The highest BCUT2D eigenvalue weighted by Gasteiger charge is 2.22. The Morgan fingerprint density at radius 3 is 2.80 bits per heavy atom. The third-order valence-corrected chi connectivity index (χ3v) is 3.72. The van der Waals surface area contributed by atoms with E-state index in [0.29, 0.717) is 12.6 Å². The minimum atomic E-state index is 0.599. The van der Waals surface area contributed by atoms with E-state index in [1.807, 2.05) is 0 Å². The zero-order valence-corrected chi connectivity index (χ0v) is 9.41. The van der Waals surface area contributed by atoms with E-state index < -0.39 is 0 Å². The van der Waals surface area contributed by atoms with Crippen molar-refractivity contribution in [3.8, 4) is 6.07 Å². The highest BCUT2D eigenvalue weighted by molar-refractivity contribution is 4.85. The predicted octanol–water partition coefficient (Wildman–Crippen LogP) is 1.36. The summed E-state index contributed by atoms with van der Waals surface area (Å²) >= 11 is 0. The molecule has 1 aliphatic heterocycles. The number of piperidine rings is 1. The van der Waals surface area contributed by atoms with Crippen LogP contribution in [-0.2, 0) is 0 Å². The molecule has 1 aliphatic carbocycles. The van der Waals surface area contributed by atoms with Crippen LogP contribution in [0.15, 0.2) is 0 Å². The Kier molecular flexibility index (Phi) is 3.99. The van der Waals surface area contributed by atoms with Gasteiger partial charge in [-0.15, -0.1) is 0 Å². The van der Waals surface area contributed by atoms with E-state index in [2.05, 4.69) is 16.3 Å². The van der Waals surface area contributed by atoms with Gasteiger partial charge in [-0.1, -0.05) is 6.42 Å². The van der Waals surface area contributed by atoms with Crippen molar-refractivity contribution in [2.24, 2.45) is 5.92 Å². The van der Waals surface area contributed by atoms with Crippen LogP contribution in [0.5, 0.6) is 0 Å². The molecule has 15 heavy (non-hydrogen) atoms. The molecule has 2 rings (SSSR count). The summed E-state index contributed by atoms with van der Waals surface area (Å²) < 4.78 is 0. The zero-order chi connectivity index (χ0) is 10.5. The number of nitrogens with zero attached hydrogens (tertiary/aromatic N) is 2. The van der Waals surface area contributed by atoms with Gasteiger partial charge >= 0.3 is 0 Å². The van der Waals surface area contributed by atoms with Crippen LogP contribution in [0, 0.1) is 17.2 Å². The predicted molar refractivity (Wildman–Crippen MR) is 60.4 cm³/mol. The van der Waals surface area contributed by atoms with Gasteiger partial charge in [0.1, 0.15) is 0 Å². The van der Waals surface area contributed by atoms with Gasteiger partial charge < -0.3 is 5.32 Å². The first-order chi connectivity index (χ1) is 7.38. The Bertz CT molecular complexity index is 230. The fraction of sp³-hybridized carbons (Fsp3) is 0.917. The van der Waals surface area contributed by atoms with Crippen molar-refractivity contribution in [3.63, 3.8) is 0 Å². The monoisotopic (exact) mass is 207 g/mol. The van der Waals surface area contributed by atoms with Gasteiger partial charge in [-0.3, -0.25) is 4.90 Å². The molecule has 1 unspecified atom stereocenters. The van der Waals surface area contributed by atoms with Gasteiger partial charge in [0, 0.05) is 12.6 Å². The third-order valence-electron chi connectivity index (χ3n) is 3.72. The fourth-order valence-electron chi connectivity index (χ4n) is 2.50. The lowest BCUT2D eigenvalue weighted by molar-refractivity contribution is 0.195. The summed E-state index contributed by atoms with van der Waals surface area (Å²) in [6.07, 6.45) is 6.79. The largest absolute Gasteiger partial charge is 0.312 e. The maximum Gasteiger partial charge on any atom is 0.0866 e. The highest BCUT2D eigenvalue weighted by Crippen LogP contribution is 2.25. The van der Waals surface area contributed by atoms with Crippen molar-refractivity contribution >= 4 is 0 Å². The first kappa shape index (κ1) is 10.9. The number of likely N-dealkylation sites (tertiary alicyclic amines) is 1. The van der Waals surface area contributed by atoms with Crippen molar-refractivity contribution in [2.45, 2.75) is 38.1 Å². The zero-order valence-electron chi connectivity index (χ0n) is 9.41. The van der Waals surface area contributed by atoms with E-state index in [1.165, 1.54) is 38.6 Å². The minimum absolute atomic E-state index is 0.599. The summed E-state index contributed by atoms with van der Waals surface area (Å²) in [6.45, 7) is 3.97. The number of nitriles is 1. The molecule has 0 radical (unpaired) electrons. The van der Waals surface area contributed by atoms with Crippen LogP contribution < -0.4 is 5.32 Å². The maximum absolute atomic E-state index is 8.66. The van der Waals surface area contributed by atoms with Gasteiger partial charge in [0.25, 0.3) is 0 Å². The number of hydrogen-bond acceptors (Lipinski definition) is 3. The second-order valence-corrected chi connectivity index (χ2v) is 4.94. The van der Waals surface area contributed by atoms with E-state index in [0.717, 1.165) is 19.0 Å². The molecule has 3 heteroatoms. The van der Waals surface area contributed by atoms with E-state index in [1.54, 1.807) is 0 Å². The second-order valence-electron chi connectivity index (χ2n) is 4.94. The average molecular weight is 207 g/mol. The Hall–Kier alpha value is -0.590. The molecule has 0 aromatic rings. The van der Waals surface area contributed by atoms with Crippen LogP contribution in [0.25, 0.3) is 0 Å². The lowest BCUT2D eigenvalue weighted by atomic mass is 9.85. The standard InChI is InChI=1S/C12H21N3/c13-6-8-15-7-2-5-12(10-15)14-9-11-3-1-4-11/h11-12,14H,1-5,7-10H2. The van der Waals surface area contributed by atoms with Crippen molar-refractivity contribution in [1.29, 1.82) is 5.26 Å². The molecule has 0 amide bonds. The Morgan fingerprint density at radius 1 is 1.27 bits per heavy atom. The average Bonchev–Trinajstić information content (AvgIpc) is 2.16. The quantitative estimate of drug-likeness (QED) is 0.708. The van der Waals surface area contributed by atoms with Gasteiger partial charge in [-0.05, 0) is 44.7 Å². The van der Waals surface area contributed by atoms with Crippen LogP contribution in [0.2, 0.25) is 0 Å². The van der Waals surface area contributed by atoms with Gasteiger partial charge in [0.2, 0.25) is 0 Å². The fourth-order valence-corrected chi connectivity index (χ4v) is 2.50. The normalized spacial score (nSPS) is 28.3. The molecule has 0 bridgehead atoms. The Balaban J connectivity index is 1.65. The molecule has 1 heterocycles. The summed E-state index contributed by atoms with van der Waals surface area (Å²) in [5, 5.41) is 12.3. The topological polar surface area (TPSA) is 39.1 Å². The first-order valence-corrected chi connectivity index (χ1v) is 6.21. The van der Waals surface area contributed by atoms with Gasteiger partial charge in [-0.2, -0.15) is 5.26 Å². The van der Waals surface area contributed by atoms with Crippen LogP contribution >= 0.6 is 0 Å². The van der Waals surface area contributed by atoms with E-state index in [-0.39, 0.29) is 0 Å². The molecule has 2 aliphatic rings.